The number of hydrogen-bond acceptors (Lipinski definition) is 3. The number of rotatable bonds is 4. The van der Waals surface area contributed by atoms with E-state index in [1.165, 1.54) is 31.4 Å². The Morgan fingerprint density at radius 2 is 1.92 bits per heavy atom. The van der Waals surface area contributed by atoms with Crippen LogP contribution in [0, 0.1) is 11.6 Å². The second kappa shape index (κ2) is 7.11. The summed E-state index contributed by atoms with van der Waals surface area (Å²) in [6, 6.07) is 7.03. The standard InChI is InChI=1S/C19H17F2NO4/c1-26-12-5-7-13(16(21)10-12)11-4-6-14(15(20)9-11)18(23)22-8-2-3-17(22)19(24)25/h4-7,9-10,17H,2-3,8H2,1H3,(H,24,25)/t17-/m0/s1. The summed E-state index contributed by atoms with van der Waals surface area (Å²) in [5.41, 5.74) is 0.222. The SMILES string of the molecule is COc1ccc(-c2ccc(C(=O)N3CCC[C@H]3C(=O)O)c(F)c2)c(F)c1. The molecule has 0 unspecified atom stereocenters. The van der Waals surface area contributed by atoms with Gasteiger partial charge in [0.1, 0.15) is 23.4 Å². The molecule has 1 amide bonds. The maximum Gasteiger partial charge on any atom is 0.326 e. The molecule has 0 bridgehead atoms. The van der Waals surface area contributed by atoms with Crippen molar-refractivity contribution in [2.45, 2.75) is 18.9 Å². The van der Waals surface area contributed by atoms with Crippen LogP contribution in [0.2, 0.25) is 0 Å². The zero-order valence-electron chi connectivity index (χ0n) is 14.0. The van der Waals surface area contributed by atoms with Crippen molar-refractivity contribution < 1.29 is 28.2 Å². The summed E-state index contributed by atoms with van der Waals surface area (Å²) in [6.45, 7) is 0.268. The number of halogens is 2. The topological polar surface area (TPSA) is 66.8 Å². The van der Waals surface area contributed by atoms with Gasteiger partial charge >= 0.3 is 5.97 Å². The normalized spacial score (nSPS) is 16.6. The molecule has 0 aromatic heterocycles. The van der Waals surface area contributed by atoms with Crippen molar-refractivity contribution in [2.75, 3.05) is 13.7 Å². The van der Waals surface area contributed by atoms with Gasteiger partial charge in [-0.3, -0.25) is 4.79 Å². The second-order valence-electron chi connectivity index (χ2n) is 6.04. The average Bonchev–Trinajstić information content (AvgIpc) is 3.11. The molecule has 136 valence electrons. The fourth-order valence-electron chi connectivity index (χ4n) is 3.13. The van der Waals surface area contributed by atoms with Gasteiger partial charge in [-0.05, 0) is 42.7 Å². The third kappa shape index (κ3) is 3.24. The van der Waals surface area contributed by atoms with Crippen molar-refractivity contribution in [3.8, 4) is 16.9 Å². The summed E-state index contributed by atoms with van der Waals surface area (Å²) >= 11 is 0. The van der Waals surface area contributed by atoms with Gasteiger partial charge in [0.05, 0.1) is 12.7 Å². The molecule has 5 nitrogen and oxygen atoms in total. The summed E-state index contributed by atoms with van der Waals surface area (Å²) in [5.74, 6) is -2.83. The molecule has 2 aromatic rings. The highest BCUT2D eigenvalue weighted by atomic mass is 19.1. The first-order valence-corrected chi connectivity index (χ1v) is 8.09. The lowest BCUT2D eigenvalue weighted by Crippen LogP contribution is -2.40. The minimum atomic E-state index is -1.10. The predicted molar refractivity (Wildman–Crippen MR) is 90.0 cm³/mol. The van der Waals surface area contributed by atoms with Crippen molar-refractivity contribution in [2.24, 2.45) is 0 Å². The van der Waals surface area contributed by atoms with Crippen LogP contribution in [-0.4, -0.2) is 41.6 Å². The van der Waals surface area contributed by atoms with Crippen LogP contribution in [-0.2, 0) is 4.79 Å². The van der Waals surface area contributed by atoms with E-state index in [1.54, 1.807) is 6.07 Å². The third-order valence-corrected chi connectivity index (χ3v) is 4.49. The molecule has 3 rings (SSSR count). The molecular weight excluding hydrogens is 344 g/mol. The van der Waals surface area contributed by atoms with Crippen LogP contribution in [0.1, 0.15) is 23.2 Å². The largest absolute Gasteiger partial charge is 0.497 e. The summed E-state index contributed by atoms with van der Waals surface area (Å²) in [7, 11) is 1.41. The molecule has 1 fully saturated rings. The van der Waals surface area contributed by atoms with Crippen molar-refractivity contribution in [3.63, 3.8) is 0 Å². The summed E-state index contributed by atoms with van der Waals surface area (Å²) in [5, 5.41) is 9.18. The van der Waals surface area contributed by atoms with Gasteiger partial charge in [-0.25, -0.2) is 13.6 Å². The van der Waals surface area contributed by atoms with Crippen molar-refractivity contribution in [1.82, 2.24) is 4.90 Å². The molecular formula is C19H17F2NO4. The maximum atomic E-state index is 14.5. The molecule has 7 heteroatoms. The van der Waals surface area contributed by atoms with E-state index >= 15 is 0 Å². The molecule has 2 aromatic carbocycles. The van der Waals surface area contributed by atoms with Gasteiger partial charge in [-0.15, -0.1) is 0 Å². The Hall–Kier alpha value is -2.96. The lowest BCUT2D eigenvalue weighted by molar-refractivity contribution is -0.141. The van der Waals surface area contributed by atoms with Crippen LogP contribution >= 0.6 is 0 Å². The number of amides is 1. The van der Waals surface area contributed by atoms with E-state index in [1.807, 2.05) is 0 Å². The molecule has 1 atom stereocenters. The highest BCUT2D eigenvalue weighted by Crippen LogP contribution is 2.29. The average molecular weight is 361 g/mol. The number of carboxylic acids is 1. The fourth-order valence-corrected chi connectivity index (χ4v) is 3.13. The predicted octanol–water partition coefficient (Wildman–Crippen LogP) is 3.33. The van der Waals surface area contributed by atoms with Gasteiger partial charge in [0.2, 0.25) is 0 Å². The lowest BCUT2D eigenvalue weighted by Gasteiger charge is -2.21. The second-order valence-corrected chi connectivity index (χ2v) is 6.04. The van der Waals surface area contributed by atoms with Gasteiger partial charge < -0.3 is 14.7 Å². The van der Waals surface area contributed by atoms with E-state index in [-0.39, 0.29) is 23.2 Å². The molecule has 0 spiro atoms. The van der Waals surface area contributed by atoms with E-state index in [0.29, 0.717) is 18.6 Å². The van der Waals surface area contributed by atoms with Crippen LogP contribution in [0.25, 0.3) is 11.1 Å². The lowest BCUT2D eigenvalue weighted by atomic mass is 10.0. The highest BCUT2D eigenvalue weighted by Gasteiger charge is 2.35. The monoisotopic (exact) mass is 361 g/mol. The number of methoxy groups -OCH3 is 1. The Morgan fingerprint density at radius 3 is 2.54 bits per heavy atom. The zero-order chi connectivity index (χ0) is 18.8. The first-order valence-electron chi connectivity index (χ1n) is 8.09. The van der Waals surface area contributed by atoms with Gasteiger partial charge in [-0.2, -0.15) is 0 Å². The quantitative estimate of drug-likeness (QED) is 0.907. The van der Waals surface area contributed by atoms with Gasteiger partial charge in [0.25, 0.3) is 5.91 Å². The molecule has 0 aliphatic carbocycles. The molecule has 1 aliphatic heterocycles. The van der Waals surface area contributed by atoms with Crippen LogP contribution in [0.5, 0.6) is 5.75 Å². The zero-order valence-corrected chi connectivity index (χ0v) is 14.0. The van der Waals surface area contributed by atoms with Gasteiger partial charge in [0, 0.05) is 18.2 Å². The van der Waals surface area contributed by atoms with E-state index in [0.717, 1.165) is 11.0 Å². The summed E-state index contributed by atoms with van der Waals surface area (Å²) in [6.07, 6.45) is 0.900. The van der Waals surface area contributed by atoms with E-state index in [9.17, 15) is 23.5 Å². The van der Waals surface area contributed by atoms with Crippen LogP contribution in [0.15, 0.2) is 36.4 Å². The Bertz CT molecular complexity index is 869. The first-order chi connectivity index (χ1) is 12.4. The smallest absolute Gasteiger partial charge is 0.326 e. The van der Waals surface area contributed by atoms with E-state index in [2.05, 4.69) is 0 Å². The minimum absolute atomic E-state index is 0.174. The van der Waals surface area contributed by atoms with Crippen molar-refractivity contribution >= 4 is 11.9 Å². The maximum absolute atomic E-state index is 14.5. The van der Waals surface area contributed by atoms with Crippen molar-refractivity contribution in [1.29, 1.82) is 0 Å². The molecule has 1 aliphatic rings. The number of aliphatic carboxylic acids is 1. The molecule has 1 N–H and O–H groups in total. The van der Waals surface area contributed by atoms with Gasteiger partial charge in [-0.1, -0.05) is 6.07 Å². The first kappa shape index (κ1) is 17.8. The molecule has 1 heterocycles. The Morgan fingerprint density at radius 1 is 1.15 bits per heavy atom. The Kier molecular flexibility index (Phi) is 4.88. The van der Waals surface area contributed by atoms with E-state index in [4.69, 9.17) is 4.74 Å². The summed E-state index contributed by atoms with van der Waals surface area (Å²) in [4.78, 5) is 24.9. The number of likely N-dealkylation sites (tertiary alicyclic amines) is 1. The van der Waals surface area contributed by atoms with Crippen LogP contribution in [0.3, 0.4) is 0 Å². The number of carbonyl (C=O) groups excluding carboxylic acids is 1. The minimum Gasteiger partial charge on any atom is -0.497 e. The highest BCUT2D eigenvalue weighted by molar-refractivity contribution is 5.97. The number of carbonyl (C=O) groups is 2. The number of ether oxygens (including phenoxy) is 1. The number of carboxylic acid groups (broad SMARTS) is 1. The van der Waals surface area contributed by atoms with E-state index < -0.39 is 29.6 Å². The molecule has 1 saturated heterocycles. The van der Waals surface area contributed by atoms with Crippen molar-refractivity contribution in [3.05, 3.63) is 53.6 Å². The molecule has 0 radical (unpaired) electrons. The number of hydrogen-bond donors (Lipinski definition) is 1. The third-order valence-electron chi connectivity index (χ3n) is 4.49. The summed E-state index contributed by atoms with van der Waals surface area (Å²) < 4.78 is 33.6. The van der Waals surface area contributed by atoms with Crippen LogP contribution in [0.4, 0.5) is 8.78 Å². The Balaban J connectivity index is 1.90. The molecule has 0 saturated carbocycles. The van der Waals surface area contributed by atoms with Crippen LogP contribution < -0.4 is 4.74 Å². The Labute approximate surface area is 148 Å². The molecule has 26 heavy (non-hydrogen) atoms. The number of nitrogens with zero attached hydrogens (tertiary/aromatic N) is 1. The fraction of sp³-hybridized carbons (Fsp3) is 0.263. The van der Waals surface area contributed by atoms with Gasteiger partial charge in [0.15, 0.2) is 0 Å². The number of benzene rings is 2.